The molecule has 2 aromatic rings. The van der Waals surface area contributed by atoms with Crippen molar-refractivity contribution < 1.29 is 14.3 Å². The van der Waals surface area contributed by atoms with E-state index >= 15 is 0 Å². The predicted octanol–water partition coefficient (Wildman–Crippen LogP) is 1.86. The Bertz CT molecular complexity index is 671. The van der Waals surface area contributed by atoms with Crippen LogP contribution in [0.4, 0.5) is 0 Å². The van der Waals surface area contributed by atoms with Gasteiger partial charge in [0.1, 0.15) is 12.3 Å². The Balaban J connectivity index is 2.62. The molecule has 0 saturated carbocycles. The quantitative estimate of drug-likeness (QED) is 0.800. The minimum atomic E-state index is -0.0155. The van der Waals surface area contributed by atoms with Gasteiger partial charge in [0.05, 0.1) is 7.11 Å². The van der Waals surface area contributed by atoms with E-state index in [9.17, 15) is 9.59 Å². The van der Waals surface area contributed by atoms with Crippen LogP contribution < -0.4 is 4.74 Å². The molecule has 5 heteroatoms. The van der Waals surface area contributed by atoms with E-state index in [1.807, 2.05) is 29.7 Å². The molecule has 0 aliphatic carbocycles. The van der Waals surface area contributed by atoms with Crippen LogP contribution in [0.3, 0.4) is 0 Å². The highest BCUT2D eigenvalue weighted by molar-refractivity contribution is 6.00. The van der Waals surface area contributed by atoms with E-state index in [-0.39, 0.29) is 12.5 Å². The summed E-state index contributed by atoms with van der Waals surface area (Å²) in [6, 6.07) is 5.52. The van der Waals surface area contributed by atoms with Crippen molar-refractivity contribution in [1.82, 2.24) is 9.47 Å². The Hall–Kier alpha value is -2.30. The molecule has 1 heterocycles. The average Bonchev–Trinajstić information content (AvgIpc) is 2.70. The van der Waals surface area contributed by atoms with Crippen molar-refractivity contribution in [3.63, 3.8) is 0 Å². The number of carbonyl (C=O) groups is 2. The van der Waals surface area contributed by atoms with Crippen LogP contribution in [0, 0.1) is 6.92 Å². The Labute approximate surface area is 117 Å². The number of hydrogen-bond donors (Lipinski definition) is 0. The molecule has 5 nitrogen and oxygen atoms in total. The SMILES string of the molecule is COc1ccc2c(c1)c(C=O)c(C)n2CC(=O)N(C)C. The summed E-state index contributed by atoms with van der Waals surface area (Å²) in [7, 11) is 5.02. The third kappa shape index (κ3) is 2.27. The summed E-state index contributed by atoms with van der Waals surface area (Å²) in [5.41, 5.74) is 2.25. The van der Waals surface area contributed by atoms with Gasteiger partial charge in [-0.3, -0.25) is 9.59 Å². The number of ether oxygens (including phenoxy) is 1. The minimum absolute atomic E-state index is 0.0155. The predicted molar refractivity (Wildman–Crippen MR) is 77.3 cm³/mol. The third-order valence-electron chi connectivity index (χ3n) is 3.49. The van der Waals surface area contributed by atoms with Crippen LogP contribution >= 0.6 is 0 Å². The van der Waals surface area contributed by atoms with Gasteiger partial charge in [0.25, 0.3) is 0 Å². The summed E-state index contributed by atoms with van der Waals surface area (Å²) in [5.74, 6) is 0.676. The molecule has 2 rings (SSSR count). The summed E-state index contributed by atoms with van der Waals surface area (Å²) in [6.07, 6.45) is 0.827. The number of rotatable bonds is 4. The lowest BCUT2D eigenvalue weighted by atomic mass is 10.1. The number of likely N-dealkylation sites (N-methyl/N-ethyl adjacent to an activating group) is 1. The van der Waals surface area contributed by atoms with Crippen LogP contribution in [-0.2, 0) is 11.3 Å². The molecule has 0 radical (unpaired) electrons. The molecule has 0 unspecified atom stereocenters. The van der Waals surface area contributed by atoms with E-state index in [1.165, 1.54) is 4.90 Å². The lowest BCUT2D eigenvalue weighted by Crippen LogP contribution is -2.26. The second kappa shape index (κ2) is 5.36. The zero-order valence-corrected chi connectivity index (χ0v) is 12.1. The molecule has 20 heavy (non-hydrogen) atoms. The molecule has 0 spiro atoms. The minimum Gasteiger partial charge on any atom is -0.497 e. The van der Waals surface area contributed by atoms with Crippen LogP contribution in [0.2, 0.25) is 0 Å². The number of aldehydes is 1. The maximum atomic E-state index is 11.9. The van der Waals surface area contributed by atoms with E-state index in [0.29, 0.717) is 11.3 Å². The first kappa shape index (κ1) is 14.1. The summed E-state index contributed by atoms with van der Waals surface area (Å²) in [6.45, 7) is 2.06. The van der Waals surface area contributed by atoms with Crippen molar-refractivity contribution in [3.05, 3.63) is 29.5 Å². The fraction of sp³-hybridized carbons (Fsp3) is 0.333. The first-order valence-corrected chi connectivity index (χ1v) is 6.31. The Morgan fingerprint density at radius 1 is 1.40 bits per heavy atom. The lowest BCUT2D eigenvalue weighted by molar-refractivity contribution is -0.129. The first-order valence-electron chi connectivity index (χ1n) is 6.31. The maximum absolute atomic E-state index is 11.9. The van der Waals surface area contributed by atoms with Gasteiger partial charge >= 0.3 is 0 Å². The number of benzene rings is 1. The summed E-state index contributed by atoms with van der Waals surface area (Å²) < 4.78 is 7.05. The third-order valence-corrected chi connectivity index (χ3v) is 3.49. The van der Waals surface area contributed by atoms with Crippen molar-refractivity contribution in [2.24, 2.45) is 0 Å². The molecule has 0 fully saturated rings. The van der Waals surface area contributed by atoms with Gasteiger partial charge in [0.15, 0.2) is 6.29 Å². The van der Waals surface area contributed by atoms with Crippen molar-refractivity contribution in [2.45, 2.75) is 13.5 Å². The van der Waals surface area contributed by atoms with Gasteiger partial charge < -0.3 is 14.2 Å². The Morgan fingerprint density at radius 3 is 2.65 bits per heavy atom. The fourth-order valence-electron chi connectivity index (χ4n) is 2.24. The largest absolute Gasteiger partial charge is 0.497 e. The van der Waals surface area contributed by atoms with Crippen molar-refractivity contribution >= 4 is 23.1 Å². The number of nitrogens with zero attached hydrogens (tertiary/aromatic N) is 2. The van der Waals surface area contributed by atoms with Crippen LogP contribution in [0.25, 0.3) is 10.9 Å². The monoisotopic (exact) mass is 274 g/mol. The van der Waals surface area contributed by atoms with Gasteiger partial charge in [-0.1, -0.05) is 0 Å². The molecule has 0 bridgehead atoms. The second-order valence-electron chi connectivity index (χ2n) is 4.87. The Kier molecular flexibility index (Phi) is 3.79. The normalized spacial score (nSPS) is 10.6. The van der Waals surface area contributed by atoms with Gasteiger partial charge in [-0.05, 0) is 25.1 Å². The summed E-state index contributed by atoms with van der Waals surface area (Å²) in [4.78, 5) is 24.8. The molecule has 0 atom stereocenters. The molecule has 0 aliphatic rings. The Morgan fingerprint density at radius 2 is 2.10 bits per heavy atom. The molecule has 1 aromatic heterocycles. The van der Waals surface area contributed by atoms with Gasteiger partial charge in [-0.15, -0.1) is 0 Å². The van der Waals surface area contributed by atoms with E-state index in [2.05, 4.69) is 0 Å². The van der Waals surface area contributed by atoms with E-state index in [1.54, 1.807) is 21.2 Å². The lowest BCUT2D eigenvalue weighted by Gasteiger charge is -2.13. The topological polar surface area (TPSA) is 51.5 Å². The average molecular weight is 274 g/mol. The van der Waals surface area contributed by atoms with Gasteiger partial charge in [0.2, 0.25) is 5.91 Å². The molecule has 1 amide bonds. The van der Waals surface area contributed by atoms with Crippen molar-refractivity contribution in [3.8, 4) is 5.75 Å². The standard InChI is InChI=1S/C15H18N2O3/c1-10-13(9-18)12-7-11(20-4)5-6-14(12)17(10)8-15(19)16(2)3/h5-7,9H,8H2,1-4H3. The van der Waals surface area contributed by atoms with E-state index < -0.39 is 0 Å². The number of methoxy groups -OCH3 is 1. The second-order valence-corrected chi connectivity index (χ2v) is 4.87. The van der Waals surface area contributed by atoms with Crippen LogP contribution in [0.1, 0.15) is 16.1 Å². The highest BCUT2D eigenvalue weighted by atomic mass is 16.5. The van der Waals surface area contributed by atoms with Crippen LogP contribution in [0.5, 0.6) is 5.75 Å². The molecule has 0 aliphatic heterocycles. The number of aromatic nitrogens is 1. The van der Waals surface area contributed by atoms with Gasteiger partial charge in [-0.2, -0.15) is 0 Å². The highest BCUT2D eigenvalue weighted by Crippen LogP contribution is 2.28. The van der Waals surface area contributed by atoms with Gasteiger partial charge in [0, 0.05) is 36.3 Å². The summed E-state index contributed by atoms with van der Waals surface area (Å²) >= 11 is 0. The molecular formula is C15H18N2O3. The van der Waals surface area contributed by atoms with Gasteiger partial charge in [-0.25, -0.2) is 0 Å². The highest BCUT2D eigenvalue weighted by Gasteiger charge is 2.16. The van der Waals surface area contributed by atoms with Crippen LogP contribution in [-0.4, -0.2) is 42.9 Å². The van der Waals surface area contributed by atoms with Crippen molar-refractivity contribution in [1.29, 1.82) is 0 Å². The number of carbonyl (C=O) groups excluding carboxylic acids is 2. The molecule has 1 aromatic carbocycles. The van der Waals surface area contributed by atoms with E-state index in [0.717, 1.165) is 22.9 Å². The van der Waals surface area contributed by atoms with Crippen LogP contribution in [0.15, 0.2) is 18.2 Å². The molecule has 106 valence electrons. The fourth-order valence-corrected chi connectivity index (χ4v) is 2.24. The first-order chi connectivity index (χ1) is 9.49. The maximum Gasteiger partial charge on any atom is 0.242 e. The van der Waals surface area contributed by atoms with Crippen molar-refractivity contribution in [2.75, 3.05) is 21.2 Å². The van der Waals surface area contributed by atoms with E-state index in [4.69, 9.17) is 4.74 Å². The zero-order valence-electron chi connectivity index (χ0n) is 12.1. The summed E-state index contributed by atoms with van der Waals surface area (Å²) in [5, 5.41) is 0.809. The molecule has 0 saturated heterocycles. The zero-order chi connectivity index (χ0) is 14.9. The molecule has 0 N–H and O–H groups in total. The smallest absolute Gasteiger partial charge is 0.242 e. The number of hydrogen-bond acceptors (Lipinski definition) is 3. The number of fused-ring (bicyclic) bond motifs is 1. The number of amides is 1. The molecular weight excluding hydrogens is 256 g/mol.